The van der Waals surface area contributed by atoms with Crippen molar-refractivity contribution in [2.75, 3.05) is 20.8 Å². The van der Waals surface area contributed by atoms with Crippen molar-refractivity contribution in [3.63, 3.8) is 0 Å². The Morgan fingerprint density at radius 1 is 1.33 bits per heavy atom. The van der Waals surface area contributed by atoms with Gasteiger partial charge in [-0.25, -0.2) is 9.59 Å². The van der Waals surface area contributed by atoms with Crippen LogP contribution in [0.2, 0.25) is 0 Å². The topological polar surface area (TPSA) is 85.9 Å². The zero-order chi connectivity index (χ0) is 17.9. The molecule has 0 spiro atoms. The molecule has 1 heterocycles. The number of hydrogen-bond donors (Lipinski definition) is 2. The largest absolute Gasteiger partial charge is 0.493 e. The van der Waals surface area contributed by atoms with Crippen molar-refractivity contribution in [3.8, 4) is 11.5 Å². The summed E-state index contributed by atoms with van der Waals surface area (Å²) in [6.07, 6.45) is 0. The van der Waals surface area contributed by atoms with E-state index in [2.05, 4.69) is 26.6 Å². The smallest absolute Gasteiger partial charge is 0.337 e. The normalized spacial score (nSPS) is 17.0. The van der Waals surface area contributed by atoms with Gasteiger partial charge in [-0.15, -0.1) is 0 Å². The fourth-order valence-corrected chi connectivity index (χ4v) is 3.09. The van der Waals surface area contributed by atoms with Gasteiger partial charge in [0.15, 0.2) is 11.5 Å². The lowest BCUT2D eigenvalue weighted by Gasteiger charge is -2.28. The molecule has 0 fully saturated rings. The maximum absolute atomic E-state index is 12.1. The SMILES string of the molecule is CCOc1c(Br)cc(C2NC(=O)NC(C)=C2C(=O)OC)cc1OC. The number of carbonyl (C=O) groups is 2. The molecular formula is C16H19BrN2O5. The van der Waals surface area contributed by atoms with Gasteiger partial charge in [0.25, 0.3) is 0 Å². The number of methoxy groups -OCH3 is 2. The summed E-state index contributed by atoms with van der Waals surface area (Å²) >= 11 is 3.45. The van der Waals surface area contributed by atoms with Crippen molar-refractivity contribution >= 4 is 27.9 Å². The Bertz CT molecular complexity index is 702. The second-order valence-corrected chi connectivity index (χ2v) is 5.88. The first-order chi connectivity index (χ1) is 11.4. The van der Waals surface area contributed by atoms with Gasteiger partial charge in [-0.1, -0.05) is 0 Å². The summed E-state index contributed by atoms with van der Waals surface area (Å²) in [6.45, 7) is 4.00. The average Bonchev–Trinajstić information content (AvgIpc) is 2.55. The van der Waals surface area contributed by atoms with Crippen molar-refractivity contribution in [1.82, 2.24) is 10.6 Å². The predicted octanol–water partition coefficient (Wildman–Crippen LogP) is 2.66. The summed E-state index contributed by atoms with van der Waals surface area (Å²) in [5.74, 6) is 0.536. The monoisotopic (exact) mass is 398 g/mol. The fraction of sp³-hybridized carbons (Fsp3) is 0.375. The quantitative estimate of drug-likeness (QED) is 0.744. The summed E-state index contributed by atoms with van der Waals surface area (Å²) < 4.78 is 16.4. The number of benzene rings is 1. The Kier molecular flexibility index (Phi) is 5.71. The third kappa shape index (κ3) is 3.48. The van der Waals surface area contributed by atoms with Crippen LogP contribution in [0.4, 0.5) is 4.79 Å². The number of halogens is 1. The van der Waals surface area contributed by atoms with E-state index < -0.39 is 18.0 Å². The van der Waals surface area contributed by atoms with E-state index in [1.807, 2.05) is 6.92 Å². The van der Waals surface area contributed by atoms with Crippen molar-refractivity contribution in [2.45, 2.75) is 19.9 Å². The van der Waals surface area contributed by atoms with E-state index in [1.54, 1.807) is 19.1 Å². The lowest BCUT2D eigenvalue weighted by atomic mass is 9.95. The highest BCUT2D eigenvalue weighted by Crippen LogP contribution is 2.40. The minimum absolute atomic E-state index is 0.329. The van der Waals surface area contributed by atoms with Gasteiger partial charge >= 0.3 is 12.0 Å². The predicted molar refractivity (Wildman–Crippen MR) is 91.0 cm³/mol. The lowest BCUT2D eigenvalue weighted by molar-refractivity contribution is -0.136. The van der Waals surface area contributed by atoms with Gasteiger partial charge in [0, 0.05) is 5.70 Å². The van der Waals surface area contributed by atoms with E-state index in [9.17, 15) is 9.59 Å². The van der Waals surface area contributed by atoms with Gasteiger partial charge in [-0.05, 0) is 47.5 Å². The van der Waals surface area contributed by atoms with Gasteiger partial charge in [0.1, 0.15) is 0 Å². The van der Waals surface area contributed by atoms with Crippen LogP contribution in [0.1, 0.15) is 25.5 Å². The Balaban J connectivity index is 2.56. The molecule has 7 nitrogen and oxygen atoms in total. The number of nitrogens with one attached hydrogen (secondary N) is 2. The molecule has 0 aromatic heterocycles. The molecular weight excluding hydrogens is 380 g/mol. The van der Waals surface area contributed by atoms with Crippen molar-refractivity contribution < 1.29 is 23.8 Å². The van der Waals surface area contributed by atoms with Crippen molar-refractivity contribution in [1.29, 1.82) is 0 Å². The third-order valence-electron chi connectivity index (χ3n) is 3.55. The highest BCUT2D eigenvalue weighted by molar-refractivity contribution is 9.10. The molecule has 1 aliphatic heterocycles. The maximum Gasteiger partial charge on any atom is 0.337 e. The minimum Gasteiger partial charge on any atom is -0.493 e. The lowest BCUT2D eigenvalue weighted by Crippen LogP contribution is -2.45. The van der Waals surface area contributed by atoms with Crippen molar-refractivity contribution in [3.05, 3.63) is 33.4 Å². The van der Waals surface area contributed by atoms with Crippen LogP contribution in [0.5, 0.6) is 11.5 Å². The van der Waals surface area contributed by atoms with Gasteiger partial charge < -0.3 is 24.8 Å². The Labute approximate surface area is 148 Å². The van der Waals surface area contributed by atoms with Crippen LogP contribution in [0.15, 0.2) is 27.9 Å². The number of carbonyl (C=O) groups excluding carboxylic acids is 2. The molecule has 0 radical (unpaired) electrons. The van der Waals surface area contributed by atoms with Gasteiger partial charge in [0.2, 0.25) is 0 Å². The molecule has 0 saturated heterocycles. The first kappa shape index (κ1) is 18.1. The summed E-state index contributed by atoms with van der Waals surface area (Å²) in [6, 6.07) is 2.45. The van der Waals surface area contributed by atoms with Gasteiger partial charge in [0.05, 0.1) is 36.9 Å². The summed E-state index contributed by atoms with van der Waals surface area (Å²) in [7, 11) is 2.82. The summed E-state index contributed by atoms with van der Waals surface area (Å²) in [5, 5.41) is 5.31. The van der Waals surface area contributed by atoms with E-state index in [0.29, 0.717) is 39.4 Å². The van der Waals surface area contributed by atoms with E-state index in [1.165, 1.54) is 14.2 Å². The minimum atomic E-state index is -0.660. The van der Waals surface area contributed by atoms with Gasteiger partial charge in [-0.3, -0.25) is 0 Å². The van der Waals surface area contributed by atoms with E-state index in [0.717, 1.165) is 0 Å². The molecule has 1 unspecified atom stereocenters. The van der Waals surface area contributed by atoms with Gasteiger partial charge in [-0.2, -0.15) is 0 Å². The summed E-state index contributed by atoms with van der Waals surface area (Å²) in [4.78, 5) is 24.0. The first-order valence-corrected chi connectivity index (χ1v) is 8.09. The van der Waals surface area contributed by atoms with E-state index in [-0.39, 0.29) is 0 Å². The number of allylic oxidation sites excluding steroid dienone is 1. The van der Waals surface area contributed by atoms with Crippen LogP contribution in [-0.4, -0.2) is 32.8 Å². The number of urea groups is 1. The number of amides is 2. The third-order valence-corrected chi connectivity index (χ3v) is 4.14. The molecule has 2 amide bonds. The Morgan fingerprint density at radius 3 is 2.62 bits per heavy atom. The number of ether oxygens (including phenoxy) is 3. The Morgan fingerprint density at radius 2 is 2.04 bits per heavy atom. The number of esters is 1. The van der Waals surface area contributed by atoms with Crippen LogP contribution in [0, 0.1) is 0 Å². The highest BCUT2D eigenvalue weighted by Gasteiger charge is 2.32. The average molecular weight is 399 g/mol. The van der Waals surface area contributed by atoms with Crippen molar-refractivity contribution in [2.24, 2.45) is 0 Å². The second-order valence-electron chi connectivity index (χ2n) is 5.03. The summed E-state index contributed by atoms with van der Waals surface area (Å²) in [5.41, 5.74) is 1.44. The first-order valence-electron chi connectivity index (χ1n) is 7.29. The van der Waals surface area contributed by atoms with Crippen LogP contribution >= 0.6 is 15.9 Å². The molecule has 1 atom stereocenters. The second kappa shape index (κ2) is 7.57. The molecule has 2 N–H and O–H groups in total. The number of hydrogen-bond acceptors (Lipinski definition) is 5. The fourth-order valence-electron chi connectivity index (χ4n) is 2.52. The van der Waals surface area contributed by atoms with E-state index >= 15 is 0 Å². The number of rotatable bonds is 5. The van der Waals surface area contributed by atoms with E-state index in [4.69, 9.17) is 14.2 Å². The standard InChI is InChI=1S/C16H19BrN2O5/c1-5-24-14-10(17)6-9(7-11(14)22-3)13-12(15(20)23-4)8(2)18-16(21)19-13/h6-7,13H,5H2,1-4H3,(H2,18,19,21). The molecule has 1 aliphatic rings. The molecule has 130 valence electrons. The molecule has 0 saturated carbocycles. The van der Waals surface area contributed by atoms with Crippen LogP contribution in [0.25, 0.3) is 0 Å². The molecule has 1 aromatic rings. The Hall–Kier alpha value is -2.22. The maximum atomic E-state index is 12.1. The van der Waals surface area contributed by atoms with Crippen LogP contribution < -0.4 is 20.1 Å². The van der Waals surface area contributed by atoms with Crippen LogP contribution in [0.3, 0.4) is 0 Å². The molecule has 2 rings (SSSR count). The zero-order valence-corrected chi connectivity index (χ0v) is 15.4. The highest BCUT2D eigenvalue weighted by atomic mass is 79.9. The molecule has 1 aromatic carbocycles. The molecule has 0 aliphatic carbocycles. The molecule has 0 bridgehead atoms. The zero-order valence-electron chi connectivity index (χ0n) is 13.9. The van der Waals surface area contributed by atoms with Crippen LogP contribution in [-0.2, 0) is 9.53 Å². The molecule has 24 heavy (non-hydrogen) atoms. The molecule has 8 heteroatoms.